The highest BCUT2D eigenvalue weighted by molar-refractivity contribution is 6.30. The number of aliphatic carboxylic acids is 1. The minimum atomic E-state index is -1.06. The number of carbonyl (C=O) groups is 2. The van der Waals surface area contributed by atoms with Crippen molar-refractivity contribution in [3.8, 4) is 5.75 Å². The molecule has 3 aromatic rings. The Labute approximate surface area is 217 Å². The summed E-state index contributed by atoms with van der Waals surface area (Å²) in [5, 5.41) is 9.97. The topological polar surface area (TPSA) is 66.8 Å². The van der Waals surface area contributed by atoms with Gasteiger partial charge in [-0.25, -0.2) is 0 Å². The maximum Gasteiger partial charge on any atom is 0.323 e. The predicted octanol–water partition coefficient (Wildman–Crippen LogP) is 6.52. The highest BCUT2D eigenvalue weighted by Crippen LogP contribution is 2.36. The lowest BCUT2D eigenvalue weighted by atomic mass is 9.86. The van der Waals surface area contributed by atoms with Crippen LogP contribution in [-0.2, 0) is 24.2 Å². The van der Waals surface area contributed by atoms with Gasteiger partial charge in [-0.05, 0) is 78.3 Å². The van der Waals surface area contributed by atoms with Crippen LogP contribution in [0.25, 0.3) is 0 Å². The highest BCUT2D eigenvalue weighted by Gasteiger charge is 2.32. The van der Waals surface area contributed by atoms with Gasteiger partial charge in [0.25, 0.3) is 5.91 Å². The average molecular weight is 506 g/mol. The van der Waals surface area contributed by atoms with Gasteiger partial charge in [0.05, 0.1) is 0 Å². The summed E-state index contributed by atoms with van der Waals surface area (Å²) in [6.07, 6.45) is 2.42. The number of ether oxygens (including phenoxy) is 1. The largest absolute Gasteiger partial charge is 0.487 e. The molecular weight excluding hydrogens is 474 g/mol. The van der Waals surface area contributed by atoms with Gasteiger partial charge in [0.15, 0.2) is 0 Å². The van der Waals surface area contributed by atoms with Crippen molar-refractivity contribution in [2.24, 2.45) is 0 Å². The first-order valence-electron chi connectivity index (χ1n) is 12.3. The molecule has 36 heavy (non-hydrogen) atoms. The smallest absolute Gasteiger partial charge is 0.323 e. The van der Waals surface area contributed by atoms with E-state index in [0.29, 0.717) is 16.5 Å². The van der Waals surface area contributed by atoms with Crippen molar-refractivity contribution in [3.63, 3.8) is 0 Å². The molecule has 0 radical (unpaired) electrons. The molecule has 1 atom stereocenters. The molecule has 188 valence electrons. The predicted molar refractivity (Wildman–Crippen MR) is 142 cm³/mol. The van der Waals surface area contributed by atoms with Crippen molar-refractivity contribution in [2.45, 2.75) is 58.1 Å². The third-order valence-corrected chi connectivity index (χ3v) is 6.96. The second-order valence-electron chi connectivity index (χ2n) is 10.1. The van der Waals surface area contributed by atoms with Gasteiger partial charge in [0, 0.05) is 23.6 Å². The molecule has 6 heteroatoms. The van der Waals surface area contributed by atoms with Crippen molar-refractivity contribution in [1.29, 1.82) is 0 Å². The Hall–Kier alpha value is -3.31. The standard InChI is InChI=1S/C30H32ClNO4/c1-20(2)23-8-4-21(5-9-23)17-30(3)15-14-24-16-25(10-13-27(24)36-30)29(35)32(19-28(33)34)18-22-6-11-26(31)12-7-22/h4-13,16,20H,14-15,17-19H2,1-3H3,(H,33,34)/t30-/m0/s1. The Morgan fingerprint density at radius 1 is 1.03 bits per heavy atom. The number of fused-ring (bicyclic) bond motifs is 1. The van der Waals surface area contributed by atoms with E-state index in [1.165, 1.54) is 16.0 Å². The first-order valence-corrected chi connectivity index (χ1v) is 12.7. The van der Waals surface area contributed by atoms with Gasteiger partial charge in [-0.3, -0.25) is 9.59 Å². The Kier molecular flexibility index (Phi) is 7.70. The zero-order valence-corrected chi connectivity index (χ0v) is 21.7. The molecule has 0 fully saturated rings. The summed E-state index contributed by atoms with van der Waals surface area (Å²) in [6, 6.07) is 21.2. The maximum absolute atomic E-state index is 13.3. The van der Waals surface area contributed by atoms with E-state index in [-0.39, 0.29) is 24.6 Å². The van der Waals surface area contributed by atoms with Crippen LogP contribution in [0, 0.1) is 0 Å². The number of carbonyl (C=O) groups excluding carboxylic acids is 1. The summed E-state index contributed by atoms with van der Waals surface area (Å²) < 4.78 is 6.44. The lowest BCUT2D eigenvalue weighted by Crippen LogP contribution is -2.39. The fourth-order valence-electron chi connectivity index (χ4n) is 4.66. The van der Waals surface area contributed by atoms with Crippen LogP contribution in [0.3, 0.4) is 0 Å². The number of hydrogen-bond acceptors (Lipinski definition) is 3. The van der Waals surface area contributed by atoms with Crippen LogP contribution in [0.5, 0.6) is 5.75 Å². The Balaban J connectivity index is 1.48. The summed E-state index contributed by atoms with van der Waals surface area (Å²) in [6.45, 7) is 6.31. The van der Waals surface area contributed by atoms with Gasteiger partial charge in [-0.2, -0.15) is 0 Å². The molecule has 1 aliphatic rings. The number of benzene rings is 3. The van der Waals surface area contributed by atoms with Crippen molar-refractivity contribution in [3.05, 3.63) is 99.6 Å². The molecule has 0 saturated heterocycles. The highest BCUT2D eigenvalue weighted by atomic mass is 35.5. The summed E-state index contributed by atoms with van der Waals surface area (Å²) in [5.74, 6) is -0.104. The molecule has 0 aliphatic carbocycles. The SMILES string of the molecule is CC(C)c1ccc(C[C@]2(C)CCc3cc(C(=O)N(CC(=O)O)Cc4ccc(Cl)cc4)ccc3O2)cc1. The minimum Gasteiger partial charge on any atom is -0.487 e. The van der Waals surface area contributed by atoms with Gasteiger partial charge in [0.1, 0.15) is 17.9 Å². The number of aryl methyl sites for hydroxylation is 1. The molecule has 1 amide bonds. The molecule has 3 aromatic carbocycles. The molecule has 5 nitrogen and oxygen atoms in total. The van der Waals surface area contributed by atoms with Crippen LogP contribution >= 0.6 is 11.6 Å². The van der Waals surface area contributed by atoms with E-state index >= 15 is 0 Å². The molecule has 0 saturated carbocycles. The van der Waals surface area contributed by atoms with E-state index in [1.807, 2.05) is 12.1 Å². The number of hydrogen-bond donors (Lipinski definition) is 1. The van der Waals surface area contributed by atoms with Crippen molar-refractivity contribution in [2.75, 3.05) is 6.54 Å². The van der Waals surface area contributed by atoms with Crippen molar-refractivity contribution in [1.82, 2.24) is 4.90 Å². The minimum absolute atomic E-state index is 0.184. The molecular formula is C30H32ClNO4. The van der Waals surface area contributed by atoms with Gasteiger partial charge < -0.3 is 14.7 Å². The Morgan fingerprint density at radius 3 is 2.33 bits per heavy atom. The molecule has 1 N–H and O–H groups in total. The summed E-state index contributed by atoms with van der Waals surface area (Å²) >= 11 is 5.95. The normalized spacial score (nSPS) is 16.8. The van der Waals surface area contributed by atoms with E-state index in [9.17, 15) is 14.7 Å². The Bertz CT molecular complexity index is 1240. The molecule has 0 unspecified atom stereocenters. The van der Waals surface area contributed by atoms with Gasteiger partial charge >= 0.3 is 5.97 Å². The van der Waals surface area contributed by atoms with E-state index < -0.39 is 5.97 Å². The maximum atomic E-state index is 13.3. The van der Waals surface area contributed by atoms with Gasteiger partial charge in [-0.1, -0.05) is 61.8 Å². The zero-order chi connectivity index (χ0) is 25.9. The fraction of sp³-hybridized carbons (Fsp3) is 0.333. The van der Waals surface area contributed by atoms with Crippen LogP contribution in [0.4, 0.5) is 0 Å². The molecule has 0 aromatic heterocycles. The second-order valence-corrected chi connectivity index (χ2v) is 10.6. The second kappa shape index (κ2) is 10.8. The quantitative estimate of drug-likeness (QED) is 0.378. The summed E-state index contributed by atoms with van der Waals surface area (Å²) in [4.78, 5) is 26.1. The van der Waals surface area contributed by atoms with Crippen LogP contribution < -0.4 is 4.74 Å². The van der Waals surface area contributed by atoms with Crippen molar-refractivity contribution < 1.29 is 19.4 Å². The first-order chi connectivity index (χ1) is 17.1. The van der Waals surface area contributed by atoms with Gasteiger partial charge in [-0.15, -0.1) is 0 Å². The number of carboxylic acids is 1. The first kappa shape index (κ1) is 25.8. The fourth-order valence-corrected chi connectivity index (χ4v) is 4.78. The number of carboxylic acid groups (broad SMARTS) is 1. The van der Waals surface area contributed by atoms with Gasteiger partial charge in [0.2, 0.25) is 0 Å². The molecule has 1 heterocycles. The van der Waals surface area contributed by atoms with Crippen LogP contribution in [0.15, 0.2) is 66.7 Å². The zero-order valence-electron chi connectivity index (χ0n) is 21.0. The lowest BCUT2D eigenvalue weighted by molar-refractivity contribution is -0.137. The number of rotatable bonds is 8. The van der Waals surface area contributed by atoms with E-state index in [2.05, 4.69) is 45.0 Å². The van der Waals surface area contributed by atoms with Crippen LogP contribution in [-0.4, -0.2) is 34.0 Å². The van der Waals surface area contributed by atoms with E-state index in [4.69, 9.17) is 16.3 Å². The summed E-state index contributed by atoms with van der Waals surface area (Å²) in [5.41, 5.74) is 4.47. The lowest BCUT2D eigenvalue weighted by Gasteiger charge is -2.36. The number of nitrogens with zero attached hydrogens (tertiary/aromatic N) is 1. The number of amides is 1. The molecule has 4 rings (SSSR count). The monoisotopic (exact) mass is 505 g/mol. The Morgan fingerprint density at radius 2 is 1.69 bits per heavy atom. The molecule has 0 spiro atoms. The average Bonchev–Trinajstić information content (AvgIpc) is 2.84. The third-order valence-electron chi connectivity index (χ3n) is 6.71. The van der Waals surface area contributed by atoms with E-state index in [0.717, 1.165) is 36.1 Å². The number of halogens is 1. The van der Waals surface area contributed by atoms with Crippen LogP contribution in [0.2, 0.25) is 5.02 Å². The molecule has 1 aliphatic heterocycles. The van der Waals surface area contributed by atoms with Crippen molar-refractivity contribution >= 4 is 23.5 Å². The van der Waals surface area contributed by atoms with E-state index in [1.54, 1.807) is 30.3 Å². The molecule has 0 bridgehead atoms. The third kappa shape index (κ3) is 6.27. The summed E-state index contributed by atoms with van der Waals surface area (Å²) in [7, 11) is 0. The van der Waals surface area contributed by atoms with Crippen LogP contribution in [0.1, 0.15) is 65.7 Å².